The third-order valence-corrected chi connectivity index (χ3v) is 3.93. The molecule has 0 spiro atoms. The van der Waals surface area contributed by atoms with E-state index in [1.807, 2.05) is 16.8 Å². The molecule has 0 bridgehead atoms. The maximum absolute atomic E-state index is 11.6. The minimum absolute atomic E-state index is 0.253. The number of rotatable bonds is 1. The Bertz CT molecular complexity index is 248. The number of nitrogens with zero attached hydrogens (tertiary/aromatic N) is 2. The van der Waals surface area contributed by atoms with Crippen LogP contribution < -0.4 is 0 Å². The average Bonchev–Trinajstić information content (AvgIpc) is 2.63. The van der Waals surface area contributed by atoms with Gasteiger partial charge in [0.25, 0.3) is 0 Å². The molecular formula is C9H14N2OSe. The van der Waals surface area contributed by atoms with Crippen molar-refractivity contribution in [2.75, 3.05) is 13.6 Å². The fourth-order valence-electron chi connectivity index (χ4n) is 2.16. The van der Waals surface area contributed by atoms with Crippen molar-refractivity contribution in [3.05, 3.63) is 0 Å². The van der Waals surface area contributed by atoms with Crippen molar-refractivity contribution in [2.24, 2.45) is 0 Å². The molecule has 0 atom stereocenters. The van der Waals surface area contributed by atoms with Crippen LogP contribution in [0.4, 0.5) is 0 Å². The van der Waals surface area contributed by atoms with Gasteiger partial charge in [0.1, 0.15) is 0 Å². The van der Waals surface area contributed by atoms with Gasteiger partial charge in [-0.2, -0.15) is 0 Å². The van der Waals surface area contributed by atoms with Crippen LogP contribution in [0.3, 0.4) is 0 Å². The molecule has 1 saturated carbocycles. The molecule has 0 radical (unpaired) electrons. The van der Waals surface area contributed by atoms with Gasteiger partial charge in [0.2, 0.25) is 0 Å². The van der Waals surface area contributed by atoms with Crippen molar-refractivity contribution >= 4 is 26.1 Å². The SMILES string of the molecule is CN1CC(=O)N(C2CCCC2)C1=[Se]. The first kappa shape index (κ1) is 9.22. The van der Waals surface area contributed by atoms with Crippen LogP contribution in [0.1, 0.15) is 25.7 Å². The molecule has 1 amide bonds. The van der Waals surface area contributed by atoms with Crippen LogP contribution >= 0.6 is 0 Å². The predicted octanol–water partition coefficient (Wildman–Crippen LogP) is -0.0411. The van der Waals surface area contributed by atoms with E-state index in [0.717, 1.165) is 4.67 Å². The van der Waals surface area contributed by atoms with Gasteiger partial charge in [-0.1, -0.05) is 0 Å². The van der Waals surface area contributed by atoms with Crippen LogP contribution in [-0.2, 0) is 4.79 Å². The Kier molecular flexibility index (Phi) is 2.43. The molecule has 1 aliphatic carbocycles. The topological polar surface area (TPSA) is 23.6 Å². The molecule has 0 N–H and O–H groups in total. The van der Waals surface area contributed by atoms with Gasteiger partial charge in [-0.15, -0.1) is 0 Å². The first-order valence-electron chi connectivity index (χ1n) is 4.77. The van der Waals surface area contributed by atoms with Crippen molar-refractivity contribution in [2.45, 2.75) is 31.7 Å². The first-order valence-corrected chi connectivity index (χ1v) is 5.63. The van der Waals surface area contributed by atoms with Crippen molar-refractivity contribution < 1.29 is 4.79 Å². The van der Waals surface area contributed by atoms with Crippen molar-refractivity contribution in [1.82, 2.24) is 9.80 Å². The zero-order valence-electron chi connectivity index (χ0n) is 7.82. The van der Waals surface area contributed by atoms with E-state index in [-0.39, 0.29) is 5.91 Å². The summed E-state index contributed by atoms with van der Waals surface area (Å²) in [4.78, 5) is 15.6. The number of amides is 1. The van der Waals surface area contributed by atoms with E-state index in [4.69, 9.17) is 0 Å². The number of likely N-dealkylation sites (N-methyl/N-ethyl adjacent to an activating group) is 1. The monoisotopic (exact) mass is 246 g/mol. The molecule has 3 nitrogen and oxygen atoms in total. The summed E-state index contributed by atoms with van der Waals surface area (Å²) in [7, 11) is 1.96. The van der Waals surface area contributed by atoms with Crippen LogP contribution in [0.15, 0.2) is 0 Å². The van der Waals surface area contributed by atoms with Crippen LogP contribution in [0.2, 0.25) is 0 Å². The number of carbonyl (C=O) groups excluding carboxylic acids is 1. The molecular weight excluding hydrogens is 231 g/mol. The third kappa shape index (κ3) is 1.53. The van der Waals surface area contributed by atoms with Crippen molar-refractivity contribution in [3.63, 3.8) is 0 Å². The Hall–Kier alpha value is -0.341. The van der Waals surface area contributed by atoms with E-state index in [9.17, 15) is 4.79 Å². The number of hydrogen-bond donors (Lipinski definition) is 0. The molecule has 2 aliphatic rings. The summed E-state index contributed by atoms with van der Waals surface area (Å²) >= 11 is 2.99. The number of hydrogen-bond acceptors (Lipinski definition) is 2. The summed E-state index contributed by atoms with van der Waals surface area (Å²) in [6.45, 7) is 0.541. The molecule has 0 aromatic heterocycles. The second-order valence-corrected chi connectivity index (χ2v) is 4.61. The zero-order valence-corrected chi connectivity index (χ0v) is 9.54. The zero-order chi connectivity index (χ0) is 9.42. The number of carbonyl (C=O) groups is 1. The summed E-state index contributed by atoms with van der Waals surface area (Å²) in [6.07, 6.45) is 4.88. The van der Waals surface area contributed by atoms with Crippen LogP contribution in [0.25, 0.3) is 0 Å². The Morgan fingerprint density at radius 3 is 2.46 bits per heavy atom. The van der Waals surface area contributed by atoms with Gasteiger partial charge in [-0.05, 0) is 0 Å². The summed E-state index contributed by atoms with van der Waals surface area (Å²) < 4.78 is 1.01. The fraction of sp³-hybridized carbons (Fsp3) is 0.778. The van der Waals surface area contributed by atoms with Crippen LogP contribution in [0.5, 0.6) is 0 Å². The quantitative estimate of drug-likeness (QED) is 0.605. The van der Waals surface area contributed by atoms with E-state index < -0.39 is 0 Å². The first-order chi connectivity index (χ1) is 6.20. The van der Waals surface area contributed by atoms with Crippen LogP contribution in [-0.4, -0.2) is 55.6 Å². The molecule has 1 saturated heterocycles. The molecule has 2 fully saturated rings. The van der Waals surface area contributed by atoms with Gasteiger partial charge >= 0.3 is 86.1 Å². The summed E-state index contributed by atoms with van der Waals surface area (Å²) in [5.41, 5.74) is 0. The molecule has 1 aliphatic heterocycles. The van der Waals surface area contributed by atoms with Crippen LogP contribution in [0, 0.1) is 0 Å². The molecule has 1 heterocycles. The average molecular weight is 245 g/mol. The van der Waals surface area contributed by atoms with Gasteiger partial charge in [0.05, 0.1) is 0 Å². The Balaban J connectivity index is 2.13. The predicted molar refractivity (Wildman–Crippen MR) is 52.5 cm³/mol. The molecule has 2 rings (SSSR count). The van der Waals surface area contributed by atoms with E-state index >= 15 is 0 Å². The fourth-order valence-corrected chi connectivity index (χ4v) is 2.82. The van der Waals surface area contributed by atoms with Gasteiger partial charge < -0.3 is 0 Å². The summed E-state index contributed by atoms with van der Waals surface area (Å²) in [5.74, 6) is 0.253. The van der Waals surface area contributed by atoms with Crippen molar-refractivity contribution in [1.29, 1.82) is 0 Å². The summed E-state index contributed by atoms with van der Waals surface area (Å²) in [6, 6.07) is 0.466. The van der Waals surface area contributed by atoms with E-state index in [0.29, 0.717) is 12.6 Å². The van der Waals surface area contributed by atoms with E-state index in [1.165, 1.54) is 25.7 Å². The molecule has 13 heavy (non-hydrogen) atoms. The molecule has 0 unspecified atom stereocenters. The van der Waals surface area contributed by atoms with Gasteiger partial charge in [0.15, 0.2) is 0 Å². The second-order valence-electron chi connectivity index (χ2n) is 3.84. The minimum atomic E-state index is 0.253. The molecule has 72 valence electrons. The second kappa shape index (κ2) is 3.43. The van der Waals surface area contributed by atoms with Gasteiger partial charge in [-0.25, -0.2) is 0 Å². The third-order valence-electron chi connectivity index (χ3n) is 2.86. The Labute approximate surface area is 86.4 Å². The van der Waals surface area contributed by atoms with Crippen molar-refractivity contribution in [3.8, 4) is 0 Å². The van der Waals surface area contributed by atoms with E-state index in [2.05, 4.69) is 15.6 Å². The maximum atomic E-state index is 11.6. The molecule has 0 aromatic carbocycles. The summed E-state index contributed by atoms with van der Waals surface area (Å²) in [5, 5.41) is 0. The Morgan fingerprint density at radius 2 is 2.00 bits per heavy atom. The van der Waals surface area contributed by atoms with E-state index in [1.54, 1.807) is 0 Å². The normalized spacial score (nSPS) is 25.0. The standard InChI is InChI=1S/C9H14N2OSe/c1-10-6-8(12)11(9(10)13)7-4-2-3-5-7/h7H,2-6H2,1H3. The van der Waals surface area contributed by atoms with Gasteiger partial charge in [0, 0.05) is 0 Å². The van der Waals surface area contributed by atoms with Gasteiger partial charge in [-0.3, -0.25) is 0 Å². The molecule has 4 heteroatoms. The molecule has 0 aromatic rings. The Morgan fingerprint density at radius 1 is 1.38 bits per heavy atom.